The molecular weight excluding hydrogens is 346 g/mol. The normalized spacial score (nSPS) is 10.4. The van der Waals surface area contributed by atoms with Gasteiger partial charge in [0.25, 0.3) is 0 Å². The van der Waals surface area contributed by atoms with Crippen LogP contribution in [-0.2, 0) is 11.2 Å². The highest BCUT2D eigenvalue weighted by Gasteiger charge is 2.05. The first-order valence-corrected chi connectivity index (χ1v) is 7.97. The number of amides is 1. The van der Waals surface area contributed by atoms with Gasteiger partial charge >= 0.3 is 0 Å². The van der Waals surface area contributed by atoms with Gasteiger partial charge in [-0.25, -0.2) is 0 Å². The summed E-state index contributed by atoms with van der Waals surface area (Å²) in [7, 11) is 0. The number of hydrogen-bond donors (Lipinski definition) is 1. The Hall–Kier alpha value is -0.840. The van der Waals surface area contributed by atoms with Crippen molar-refractivity contribution in [3.63, 3.8) is 0 Å². The molecule has 2 aromatic rings. The lowest BCUT2D eigenvalue weighted by molar-refractivity contribution is -0.116. The molecule has 1 N–H and O–H groups in total. The van der Waals surface area contributed by atoms with E-state index in [2.05, 4.69) is 32.7 Å². The Labute approximate surface area is 129 Å². The zero-order chi connectivity index (χ0) is 13.7. The predicted octanol–water partition coefficient (Wildman–Crippen LogP) is 5.13. The number of carbonyl (C=O) groups is 1. The average molecular weight is 359 g/mol. The molecular formula is C14H13BrClNOS. The molecule has 0 atom stereocenters. The summed E-state index contributed by atoms with van der Waals surface area (Å²) < 4.78 is 0.783. The first-order chi connectivity index (χ1) is 9.15. The summed E-state index contributed by atoms with van der Waals surface area (Å²) in [6.07, 6.45) is 2.34. The van der Waals surface area contributed by atoms with Crippen LogP contribution in [0.15, 0.2) is 40.2 Å². The molecule has 1 aromatic carbocycles. The number of nitrogens with one attached hydrogen (secondary N) is 1. The molecule has 0 saturated carbocycles. The fourth-order valence-corrected chi connectivity index (χ4v) is 2.92. The molecule has 0 spiro atoms. The van der Waals surface area contributed by atoms with Crippen molar-refractivity contribution in [1.29, 1.82) is 0 Å². The Kier molecular flexibility index (Phi) is 5.43. The van der Waals surface area contributed by atoms with Gasteiger partial charge < -0.3 is 5.32 Å². The summed E-state index contributed by atoms with van der Waals surface area (Å²) in [4.78, 5) is 13.1. The molecule has 1 aromatic heterocycles. The Bertz CT molecular complexity index is 557. The maximum Gasteiger partial charge on any atom is 0.224 e. The van der Waals surface area contributed by atoms with Gasteiger partial charge in [0.1, 0.15) is 0 Å². The Morgan fingerprint density at radius 2 is 2.21 bits per heavy atom. The van der Waals surface area contributed by atoms with Crippen molar-refractivity contribution in [2.24, 2.45) is 0 Å². The molecule has 19 heavy (non-hydrogen) atoms. The number of anilines is 1. The molecule has 1 heterocycles. The molecule has 2 nitrogen and oxygen atoms in total. The lowest BCUT2D eigenvalue weighted by Gasteiger charge is -2.06. The monoisotopic (exact) mass is 357 g/mol. The van der Waals surface area contributed by atoms with Crippen LogP contribution in [0.1, 0.15) is 17.7 Å². The van der Waals surface area contributed by atoms with Crippen molar-refractivity contribution in [1.82, 2.24) is 0 Å². The third-order valence-corrected chi connectivity index (χ3v) is 4.76. The van der Waals surface area contributed by atoms with Crippen LogP contribution in [0.4, 0.5) is 5.69 Å². The Morgan fingerprint density at radius 3 is 2.89 bits per heavy atom. The fraction of sp³-hybridized carbons (Fsp3) is 0.214. The lowest BCUT2D eigenvalue weighted by Crippen LogP contribution is -2.11. The number of hydrogen-bond acceptors (Lipinski definition) is 2. The second kappa shape index (κ2) is 7.08. The van der Waals surface area contributed by atoms with Gasteiger partial charge in [-0.15, -0.1) is 11.3 Å². The maximum atomic E-state index is 11.8. The molecule has 0 radical (unpaired) electrons. The van der Waals surface area contributed by atoms with Gasteiger partial charge in [0.15, 0.2) is 0 Å². The standard InChI is InChI=1S/C14H13BrClNOS/c15-12-9-10(6-7-13(12)16)17-14(18)5-1-3-11-4-2-8-19-11/h2,4,6-9H,1,3,5H2,(H,17,18). The highest BCUT2D eigenvalue weighted by molar-refractivity contribution is 9.10. The van der Waals surface area contributed by atoms with E-state index in [-0.39, 0.29) is 5.91 Å². The van der Waals surface area contributed by atoms with Crippen molar-refractivity contribution in [3.05, 3.63) is 50.1 Å². The second-order valence-corrected chi connectivity index (χ2v) is 6.40. The molecule has 0 aliphatic heterocycles. The first kappa shape index (κ1) is 14.6. The first-order valence-electron chi connectivity index (χ1n) is 5.92. The third-order valence-electron chi connectivity index (χ3n) is 2.61. The van der Waals surface area contributed by atoms with E-state index in [0.29, 0.717) is 11.4 Å². The third kappa shape index (κ3) is 4.64. The van der Waals surface area contributed by atoms with E-state index >= 15 is 0 Å². The zero-order valence-electron chi connectivity index (χ0n) is 10.2. The quantitative estimate of drug-likeness (QED) is 0.789. The minimum absolute atomic E-state index is 0.0331. The molecule has 1 amide bonds. The molecule has 0 aliphatic rings. The van der Waals surface area contributed by atoms with Crippen LogP contribution in [0.5, 0.6) is 0 Å². The van der Waals surface area contributed by atoms with Crippen LogP contribution >= 0.6 is 38.9 Å². The highest BCUT2D eigenvalue weighted by Crippen LogP contribution is 2.25. The Balaban J connectivity index is 1.79. The van der Waals surface area contributed by atoms with Gasteiger partial charge in [-0.05, 0) is 58.4 Å². The van der Waals surface area contributed by atoms with E-state index in [1.165, 1.54) is 4.88 Å². The summed E-state index contributed by atoms with van der Waals surface area (Å²) in [6.45, 7) is 0. The molecule has 100 valence electrons. The molecule has 0 fully saturated rings. The van der Waals surface area contributed by atoms with Crippen LogP contribution in [0, 0.1) is 0 Å². The van der Waals surface area contributed by atoms with Gasteiger partial charge in [-0.3, -0.25) is 4.79 Å². The lowest BCUT2D eigenvalue weighted by atomic mass is 10.2. The zero-order valence-corrected chi connectivity index (χ0v) is 13.3. The van der Waals surface area contributed by atoms with Crippen LogP contribution in [-0.4, -0.2) is 5.91 Å². The topological polar surface area (TPSA) is 29.1 Å². The van der Waals surface area contributed by atoms with Gasteiger partial charge in [-0.2, -0.15) is 0 Å². The molecule has 0 aliphatic carbocycles. The van der Waals surface area contributed by atoms with E-state index in [1.54, 1.807) is 29.5 Å². The number of carbonyl (C=O) groups excluding carboxylic acids is 1. The molecule has 0 saturated heterocycles. The van der Waals surface area contributed by atoms with E-state index in [4.69, 9.17) is 11.6 Å². The minimum Gasteiger partial charge on any atom is -0.326 e. The highest BCUT2D eigenvalue weighted by atomic mass is 79.9. The second-order valence-electron chi connectivity index (χ2n) is 4.11. The van der Waals surface area contributed by atoms with Gasteiger partial charge in [-0.1, -0.05) is 17.7 Å². The van der Waals surface area contributed by atoms with Crippen molar-refractivity contribution in [3.8, 4) is 0 Å². The van der Waals surface area contributed by atoms with E-state index < -0.39 is 0 Å². The molecule has 5 heteroatoms. The largest absolute Gasteiger partial charge is 0.326 e. The summed E-state index contributed by atoms with van der Waals surface area (Å²) in [5.41, 5.74) is 0.761. The SMILES string of the molecule is O=C(CCCc1cccs1)Nc1ccc(Cl)c(Br)c1. The van der Waals surface area contributed by atoms with Gasteiger partial charge in [0.2, 0.25) is 5.91 Å². The summed E-state index contributed by atoms with van der Waals surface area (Å²) in [5, 5.41) is 5.56. The number of aryl methyl sites for hydroxylation is 1. The Morgan fingerprint density at radius 1 is 1.37 bits per heavy atom. The van der Waals surface area contributed by atoms with E-state index in [1.807, 2.05) is 6.07 Å². The fourth-order valence-electron chi connectivity index (χ4n) is 1.68. The maximum absolute atomic E-state index is 11.8. The van der Waals surface area contributed by atoms with Crippen molar-refractivity contribution >= 4 is 50.5 Å². The number of rotatable bonds is 5. The smallest absolute Gasteiger partial charge is 0.224 e. The predicted molar refractivity (Wildman–Crippen MR) is 85.0 cm³/mol. The van der Waals surface area contributed by atoms with Crippen LogP contribution in [0.2, 0.25) is 5.02 Å². The summed E-state index contributed by atoms with van der Waals surface area (Å²) >= 11 is 11.0. The van der Waals surface area contributed by atoms with Gasteiger partial charge in [0, 0.05) is 21.5 Å². The van der Waals surface area contributed by atoms with Crippen LogP contribution in [0.3, 0.4) is 0 Å². The molecule has 0 bridgehead atoms. The number of thiophene rings is 1. The van der Waals surface area contributed by atoms with Crippen LogP contribution < -0.4 is 5.32 Å². The van der Waals surface area contributed by atoms with E-state index in [9.17, 15) is 4.79 Å². The van der Waals surface area contributed by atoms with Crippen molar-refractivity contribution < 1.29 is 4.79 Å². The number of benzene rings is 1. The number of halogens is 2. The molecule has 2 rings (SSSR count). The van der Waals surface area contributed by atoms with Crippen molar-refractivity contribution in [2.45, 2.75) is 19.3 Å². The minimum atomic E-state index is 0.0331. The van der Waals surface area contributed by atoms with Crippen molar-refractivity contribution in [2.75, 3.05) is 5.32 Å². The van der Waals surface area contributed by atoms with Gasteiger partial charge in [0.05, 0.1) is 5.02 Å². The molecule has 0 unspecified atom stereocenters. The average Bonchev–Trinajstić information content (AvgIpc) is 2.87. The van der Waals surface area contributed by atoms with Crippen LogP contribution in [0.25, 0.3) is 0 Å². The summed E-state index contributed by atoms with van der Waals surface area (Å²) in [6, 6.07) is 9.49. The van der Waals surface area contributed by atoms with E-state index in [0.717, 1.165) is 23.0 Å². The summed E-state index contributed by atoms with van der Waals surface area (Å²) in [5.74, 6) is 0.0331.